The monoisotopic (exact) mass is 169 g/mol. The second-order valence-electron chi connectivity index (χ2n) is 5.09. The second kappa shape index (κ2) is 3.78. The summed E-state index contributed by atoms with van der Waals surface area (Å²) < 4.78 is 0. The summed E-state index contributed by atoms with van der Waals surface area (Å²) >= 11 is 0. The summed E-state index contributed by atoms with van der Waals surface area (Å²) in [5, 5.41) is 0. The molecule has 0 radical (unpaired) electrons. The predicted molar refractivity (Wildman–Crippen MR) is 54.3 cm³/mol. The van der Waals surface area contributed by atoms with Gasteiger partial charge in [-0.25, -0.2) is 0 Å². The molecule has 0 spiro atoms. The lowest BCUT2D eigenvalue weighted by Crippen LogP contribution is -2.32. The quantitative estimate of drug-likeness (QED) is 0.539. The zero-order valence-electron chi connectivity index (χ0n) is 9.06. The van der Waals surface area contributed by atoms with Crippen molar-refractivity contribution >= 4 is 0 Å². The van der Waals surface area contributed by atoms with Crippen LogP contribution in [-0.2, 0) is 0 Å². The molecule has 1 aliphatic rings. The van der Waals surface area contributed by atoms with Gasteiger partial charge in [-0.05, 0) is 50.7 Å². The summed E-state index contributed by atoms with van der Waals surface area (Å²) in [5.41, 5.74) is 0.571. The largest absolute Gasteiger partial charge is 0.306 e. The standard InChI is InChI=1S/C11H23N/c1-10-6-9-12(4)8-5-7-11(10,2)3/h10H,5-9H2,1-4H3. The summed E-state index contributed by atoms with van der Waals surface area (Å²) in [6.07, 6.45) is 4.12. The molecule has 0 N–H and O–H groups in total. The molecular weight excluding hydrogens is 146 g/mol. The van der Waals surface area contributed by atoms with Crippen molar-refractivity contribution in [1.82, 2.24) is 4.90 Å². The number of rotatable bonds is 0. The van der Waals surface area contributed by atoms with Gasteiger partial charge in [-0.2, -0.15) is 0 Å². The Hall–Kier alpha value is -0.0400. The van der Waals surface area contributed by atoms with Gasteiger partial charge in [0.15, 0.2) is 0 Å². The molecule has 0 aromatic rings. The SMILES string of the molecule is CC1CCN(C)CCCC1(C)C. The first-order valence-electron chi connectivity index (χ1n) is 5.21. The number of nitrogens with zero attached hydrogens (tertiary/aromatic N) is 1. The van der Waals surface area contributed by atoms with E-state index in [0.717, 1.165) is 5.92 Å². The van der Waals surface area contributed by atoms with E-state index in [0.29, 0.717) is 5.41 Å². The predicted octanol–water partition coefficient (Wildman–Crippen LogP) is 2.76. The molecule has 0 amide bonds. The average Bonchev–Trinajstić information content (AvgIpc) is 1.98. The van der Waals surface area contributed by atoms with Gasteiger partial charge in [0.1, 0.15) is 0 Å². The Balaban J connectivity index is 2.50. The van der Waals surface area contributed by atoms with E-state index in [2.05, 4.69) is 32.7 Å². The molecular formula is C11H23N. The lowest BCUT2D eigenvalue weighted by molar-refractivity contribution is 0.143. The maximum absolute atomic E-state index is 2.46. The first-order chi connectivity index (χ1) is 5.52. The van der Waals surface area contributed by atoms with Crippen LogP contribution in [0.4, 0.5) is 0 Å². The van der Waals surface area contributed by atoms with Gasteiger partial charge in [0.2, 0.25) is 0 Å². The Bertz CT molecular complexity index is 140. The highest BCUT2D eigenvalue weighted by Crippen LogP contribution is 2.35. The minimum absolute atomic E-state index is 0.571. The Labute approximate surface area is 77.1 Å². The third kappa shape index (κ3) is 2.48. The van der Waals surface area contributed by atoms with E-state index in [1.807, 2.05) is 0 Å². The second-order valence-corrected chi connectivity index (χ2v) is 5.09. The van der Waals surface area contributed by atoms with Crippen LogP contribution in [0.5, 0.6) is 0 Å². The number of hydrogen-bond acceptors (Lipinski definition) is 1. The fourth-order valence-electron chi connectivity index (χ4n) is 1.97. The van der Waals surface area contributed by atoms with Crippen LogP contribution in [0.2, 0.25) is 0 Å². The maximum atomic E-state index is 2.46. The lowest BCUT2D eigenvalue weighted by Gasteiger charge is -2.36. The zero-order valence-corrected chi connectivity index (χ0v) is 9.06. The molecule has 1 unspecified atom stereocenters. The highest BCUT2D eigenvalue weighted by Gasteiger charge is 2.26. The highest BCUT2D eigenvalue weighted by atomic mass is 15.1. The molecule has 1 aliphatic heterocycles. The summed E-state index contributed by atoms with van der Waals surface area (Å²) in [6, 6.07) is 0. The highest BCUT2D eigenvalue weighted by molar-refractivity contribution is 4.78. The minimum atomic E-state index is 0.571. The van der Waals surface area contributed by atoms with Gasteiger partial charge in [-0.1, -0.05) is 20.8 Å². The van der Waals surface area contributed by atoms with E-state index >= 15 is 0 Å². The van der Waals surface area contributed by atoms with Gasteiger partial charge in [0, 0.05) is 0 Å². The Morgan fingerprint density at radius 1 is 1.25 bits per heavy atom. The van der Waals surface area contributed by atoms with Crippen molar-refractivity contribution in [3.05, 3.63) is 0 Å². The third-order valence-electron chi connectivity index (χ3n) is 3.64. The van der Waals surface area contributed by atoms with Gasteiger partial charge < -0.3 is 4.90 Å². The molecule has 1 heteroatoms. The lowest BCUT2D eigenvalue weighted by atomic mass is 9.74. The molecule has 12 heavy (non-hydrogen) atoms. The van der Waals surface area contributed by atoms with Crippen LogP contribution in [0.25, 0.3) is 0 Å². The van der Waals surface area contributed by atoms with Crippen molar-refractivity contribution in [2.24, 2.45) is 11.3 Å². The molecule has 0 aliphatic carbocycles. The van der Waals surface area contributed by atoms with Crippen LogP contribution in [0.1, 0.15) is 40.0 Å². The van der Waals surface area contributed by atoms with Crippen molar-refractivity contribution in [2.75, 3.05) is 20.1 Å². The van der Waals surface area contributed by atoms with Crippen molar-refractivity contribution < 1.29 is 0 Å². The van der Waals surface area contributed by atoms with E-state index in [4.69, 9.17) is 0 Å². The Morgan fingerprint density at radius 3 is 2.58 bits per heavy atom. The molecule has 1 rings (SSSR count). The molecule has 0 aromatic carbocycles. The molecule has 1 heterocycles. The third-order valence-corrected chi connectivity index (χ3v) is 3.64. The van der Waals surface area contributed by atoms with Gasteiger partial charge in [-0.15, -0.1) is 0 Å². The van der Waals surface area contributed by atoms with Crippen molar-refractivity contribution in [2.45, 2.75) is 40.0 Å². The smallest absolute Gasteiger partial charge is 0.00190 e. The van der Waals surface area contributed by atoms with E-state index in [1.165, 1.54) is 32.4 Å². The van der Waals surface area contributed by atoms with E-state index < -0.39 is 0 Å². The topological polar surface area (TPSA) is 3.24 Å². The normalized spacial score (nSPS) is 32.5. The van der Waals surface area contributed by atoms with Gasteiger partial charge in [0.05, 0.1) is 0 Å². The van der Waals surface area contributed by atoms with Gasteiger partial charge >= 0.3 is 0 Å². The molecule has 1 nitrogen and oxygen atoms in total. The number of hydrogen-bond donors (Lipinski definition) is 0. The molecule has 1 fully saturated rings. The van der Waals surface area contributed by atoms with Crippen LogP contribution >= 0.6 is 0 Å². The van der Waals surface area contributed by atoms with Crippen LogP contribution in [0.3, 0.4) is 0 Å². The van der Waals surface area contributed by atoms with Crippen molar-refractivity contribution in [3.8, 4) is 0 Å². The number of likely N-dealkylation sites (tertiary alicyclic amines) is 1. The summed E-state index contributed by atoms with van der Waals surface area (Å²) in [4.78, 5) is 2.46. The van der Waals surface area contributed by atoms with Crippen molar-refractivity contribution in [3.63, 3.8) is 0 Å². The summed E-state index contributed by atoms with van der Waals surface area (Å²) in [6.45, 7) is 9.81. The van der Waals surface area contributed by atoms with Crippen molar-refractivity contribution in [1.29, 1.82) is 0 Å². The molecule has 0 bridgehead atoms. The molecule has 0 saturated carbocycles. The summed E-state index contributed by atoms with van der Waals surface area (Å²) in [7, 11) is 2.24. The Morgan fingerprint density at radius 2 is 1.92 bits per heavy atom. The van der Waals surface area contributed by atoms with E-state index in [-0.39, 0.29) is 0 Å². The zero-order chi connectivity index (χ0) is 9.19. The maximum Gasteiger partial charge on any atom is -0.00190 e. The molecule has 72 valence electrons. The van der Waals surface area contributed by atoms with Crippen LogP contribution in [-0.4, -0.2) is 25.0 Å². The molecule has 1 saturated heterocycles. The molecule has 1 atom stereocenters. The fourth-order valence-corrected chi connectivity index (χ4v) is 1.97. The fraction of sp³-hybridized carbons (Fsp3) is 1.00. The van der Waals surface area contributed by atoms with Crippen LogP contribution in [0, 0.1) is 11.3 Å². The van der Waals surface area contributed by atoms with Crippen LogP contribution in [0.15, 0.2) is 0 Å². The minimum Gasteiger partial charge on any atom is -0.306 e. The first-order valence-corrected chi connectivity index (χ1v) is 5.21. The van der Waals surface area contributed by atoms with Gasteiger partial charge in [-0.3, -0.25) is 0 Å². The first kappa shape index (κ1) is 10.0. The van der Waals surface area contributed by atoms with E-state index in [1.54, 1.807) is 0 Å². The van der Waals surface area contributed by atoms with E-state index in [9.17, 15) is 0 Å². The Kier molecular flexibility index (Phi) is 3.16. The average molecular weight is 169 g/mol. The van der Waals surface area contributed by atoms with Gasteiger partial charge in [0.25, 0.3) is 0 Å². The van der Waals surface area contributed by atoms with Crippen LogP contribution < -0.4 is 0 Å². The molecule has 0 aromatic heterocycles. The summed E-state index contributed by atoms with van der Waals surface area (Å²) in [5.74, 6) is 0.875.